The minimum absolute atomic E-state index is 0.629. The molecule has 0 aromatic heterocycles. The fourth-order valence-corrected chi connectivity index (χ4v) is 1.42. The topological polar surface area (TPSA) is 50.7 Å². The maximum absolute atomic E-state index is 5.89. The number of allylic oxidation sites excluding steroid dienone is 2. The number of nitrogens with zero attached hydrogens (tertiary/aromatic N) is 2. The van der Waals surface area contributed by atoms with Crippen molar-refractivity contribution in [2.45, 2.75) is 33.6 Å². The molecule has 0 amide bonds. The largest absolute Gasteiger partial charge is 0.387 e. The van der Waals surface area contributed by atoms with E-state index in [0.29, 0.717) is 11.7 Å². The van der Waals surface area contributed by atoms with Gasteiger partial charge >= 0.3 is 0 Å². The number of hydrogen-bond acceptors (Lipinski definition) is 1. The Balaban J connectivity index is 3.12. The van der Waals surface area contributed by atoms with Crippen LogP contribution in [0.25, 0.3) is 0 Å². The average Bonchev–Trinajstić information content (AvgIpc) is 2.39. The van der Waals surface area contributed by atoms with Crippen molar-refractivity contribution >= 4 is 11.7 Å². The number of aliphatic imine (C=N–C) groups is 2. The first-order valence-electron chi connectivity index (χ1n) is 6.27. The lowest BCUT2D eigenvalue weighted by atomic mass is 10.2. The molecule has 1 aromatic carbocycles. The zero-order valence-corrected chi connectivity index (χ0v) is 11.4. The number of nitrogens with two attached hydrogens (primary N) is 1. The Labute approximate surface area is 109 Å². The van der Waals surface area contributed by atoms with Gasteiger partial charge < -0.3 is 5.73 Å². The molecule has 0 radical (unpaired) electrons. The fourth-order valence-electron chi connectivity index (χ4n) is 1.42. The second kappa shape index (κ2) is 7.43. The maximum Gasteiger partial charge on any atom is 0.161 e. The second-order valence-electron chi connectivity index (χ2n) is 4.08. The Bertz CT molecular complexity index is 456. The van der Waals surface area contributed by atoms with Crippen molar-refractivity contribution in [3.05, 3.63) is 47.7 Å². The van der Waals surface area contributed by atoms with Crippen molar-refractivity contribution in [3.63, 3.8) is 0 Å². The van der Waals surface area contributed by atoms with Gasteiger partial charge in [0.1, 0.15) is 5.84 Å². The lowest BCUT2D eigenvalue weighted by Gasteiger charge is -2.04. The molecule has 0 saturated carbocycles. The van der Waals surface area contributed by atoms with Crippen LogP contribution in [0, 0.1) is 0 Å². The van der Waals surface area contributed by atoms with E-state index in [2.05, 4.69) is 16.9 Å². The summed E-state index contributed by atoms with van der Waals surface area (Å²) in [7, 11) is 0. The van der Waals surface area contributed by atoms with E-state index in [4.69, 9.17) is 5.73 Å². The molecule has 0 aliphatic carbocycles. The van der Waals surface area contributed by atoms with Gasteiger partial charge in [-0.25, -0.2) is 9.98 Å². The predicted octanol–water partition coefficient (Wildman–Crippen LogP) is 3.51. The van der Waals surface area contributed by atoms with E-state index in [1.165, 1.54) is 0 Å². The van der Waals surface area contributed by atoms with Crippen LogP contribution in [0.5, 0.6) is 0 Å². The van der Waals surface area contributed by atoms with Gasteiger partial charge in [-0.3, -0.25) is 0 Å². The Kier molecular flexibility index (Phi) is 5.85. The van der Waals surface area contributed by atoms with Crippen LogP contribution in [0.1, 0.15) is 39.2 Å². The average molecular weight is 243 g/mol. The molecule has 0 saturated heterocycles. The van der Waals surface area contributed by atoms with Gasteiger partial charge in [0, 0.05) is 17.7 Å². The van der Waals surface area contributed by atoms with Crippen molar-refractivity contribution in [3.8, 4) is 0 Å². The molecule has 96 valence electrons. The van der Waals surface area contributed by atoms with E-state index in [1.54, 1.807) is 0 Å². The van der Waals surface area contributed by atoms with Crippen LogP contribution in [0.4, 0.5) is 0 Å². The van der Waals surface area contributed by atoms with Gasteiger partial charge in [-0.1, -0.05) is 43.3 Å². The first-order valence-corrected chi connectivity index (χ1v) is 6.27. The molecule has 0 heterocycles. The lowest BCUT2D eigenvalue weighted by Crippen LogP contribution is -2.14. The minimum Gasteiger partial charge on any atom is -0.387 e. The molecule has 0 aliphatic heterocycles. The summed E-state index contributed by atoms with van der Waals surface area (Å²) in [6.45, 7) is 5.99. The molecular formula is C15H21N3. The van der Waals surface area contributed by atoms with Gasteiger partial charge in [0.2, 0.25) is 0 Å². The van der Waals surface area contributed by atoms with E-state index < -0.39 is 0 Å². The summed E-state index contributed by atoms with van der Waals surface area (Å²) in [6.07, 6.45) is 3.73. The van der Waals surface area contributed by atoms with Crippen molar-refractivity contribution in [1.29, 1.82) is 0 Å². The Morgan fingerprint density at radius 3 is 2.44 bits per heavy atom. The molecule has 3 nitrogen and oxygen atoms in total. The van der Waals surface area contributed by atoms with Gasteiger partial charge in [-0.15, -0.1) is 0 Å². The molecule has 3 heteroatoms. The van der Waals surface area contributed by atoms with E-state index in [0.717, 1.165) is 24.1 Å². The summed E-state index contributed by atoms with van der Waals surface area (Å²) >= 11 is 0. The third-order valence-corrected chi connectivity index (χ3v) is 2.49. The summed E-state index contributed by atoms with van der Waals surface area (Å²) in [6, 6.07) is 9.90. The molecule has 2 N–H and O–H groups in total. The highest BCUT2D eigenvalue weighted by atomic mass is 15.0. The molecule has 0 bridgehead atoms. The van der Waals surface area contributed by atoms with Gasteiger partial charge in [-0.2, -0.15) is 0 Å². The normalized spacial score (nSPS) is 13.8. The van der Waals surface area contributed by atoms with Crippen LogP contribution in [-0.4, -0.2) is 11.7 Å². The quantitative estimate of drug-likeness (QED) is 0.638. The molecule has 1 rings (SSSR count). The number of hydrogen-bond donors (Lipinski definition) is 1. The van der Waals surface area contributed by atoms with E-state index in [9.17, 15) is 0 Å². The molecule has 18 heavy (non-hydrogen) atoms. The van der Waals surface area contributed by atoms with Crippen LogP contribution in [0.15, 0.2) is 52.1 Å². The Hall–Kier alpha value is -1.90. The first-order chi connectivity index (χ1) is 8.67. The van der Waals surface area contributed by atoms with Crippen molar-refractivity contribution < 1.29 is 0 Å². The van der Waals surface area contributed by atoms with Crippen molar-refractivity contribution in [1.82, 2.24) is 0 Å². The van der Waals surface area contributed by atoms with Crippen molar-refractivity contribution in [2.75, 3.05) is 0 Å². The summed E-state index contributed by atoms with van der Waals surface area (Å²) in [5.74, 6) is 1.31. The smallest absolute Gasteiger partial charge is 0.161 e. The van der Waals surface area contributed by atoms with Gasteiger partial charge in [0.25, 0.3) is 0 Å². The van der Waals surface area contributed by atoms with Gasteiger partial charge in [0.05, 0.1) is 0 Å². The number of benzene rings is 1. The molecule has 0 spiro atoms. The van der Waals surface area contributed by atoms with Crippen molar-refractivity contribution in [2.24, 2.45) is 15.7 Å². The summed E-state index contributed by atoms with van der Waals surface area (Å²) in [4.78, 5) is 8.93. The highest BCUT2D eigenvalue weighted by molar-refractivity contribution is 6.06. The second-order valence-corrected chi connectivity index (χ2v) is 4.08. The monoisotopic (exact) mass is 243 g/mol. The van der Waals surface area contributed by atoms with Crippen LogP contribution >= 0.6 is 0 Å². The third kappa shape index (κ3) is 4.53. The van der Waals surface area contributed by atoms with Crippen LogP contribution < -0.4 is 5.73 Å². The molecule has 1 aromatic rings. The third-order valence-electron chi connectivity index (χ3n) is 2.49. The van der Waals surface area contributed by atoms with E-state index in [-0.39, 0.29) is 0 Å². The fraction of sp³-hybridized carbons (Fsp3) is 0.333. The number of amidine groups is 2. The molecule has 0 fully saturated rings. The predicted molar refractivity (Wildman–Crippen MR) is 78.9 cm³/mol. The van der Waals surface area contributed by atoms with Gasteiger partial charge in [0.15, 0.2) is 5.84 Å². The standard InChI is InChI=1S/C15H21N3/c1-4-9-14(16)18-15(17-12(3)5-2)13-10-7-6-8-11-13/h5-8,10-11H,4,9H2,1-3H3,(H2,16,17,18). The van der Waals surface area contributed by atoms with Crippen LogP contribution in [-0.2, 0) is 0 Å². The van der Waals surface area contributed by atoms with Crippen LogP contribution in [0.2, 0.25) is 0 Å². The molecular weight excluding hydrogens is 222 g/mol. The highest BCUT2D eigenvalue weighted by Gasteiger charge is 2.02. The van der Waals surface area contributed by atoms with Gasteiger partial charge in [-0.05, 0) is 20.3 Å². The summed E-state index contributed by atoms with van der Waals surface area (Å²) in [5, 5.41) is 0. The SMILES string of the molecule is CC=C(C)N=C(N=C(N)CCC)c1ccccc1. The molecule has 0 aliphatic rings. The zero-order chi connectivity index (χ0) is 13.4. The summed E-state index contributed by atoms with van der Waals surface area (Å²) < 4.78 is 0. The van der Waals surface area contributed by atoms with Crippen LogP contribution in [0.3, 0.4) is 0 Å². The zero-order valence-electron chi connectivity index (χ0n) is 11.4. The molecule has 0 atom stereocenters. The number of rotatable bonds is 4. The minimum atomic E-state index is 0.629. The lowest BCUT2D eigenvalue weighted by molar-refractivity contribution is 0.984. The molecule has 0 unspecified atom stereocenters. The first kappa shape index (κ1) is 14.2. The highest BCUT2D eigenvalue weighted by Crippen LogP contribution is 2.07. The van der Waals surface area contributed by atoms with E-state index in [1.807, 2.05) is 50.3 Å². The summed E-state index contributed by atoms with van der Waals surface area (Å²) in [5.41, 5.74) is 7.81. The Morgan fingerprint density at radius 1 is 1.22 bits per heavy atom. The maximum atomic E-state index is 5.89. The van der Waals surface area contributed by atoms with E-state index >= 15 is 0 Å². The Morgan fingerprint density at radius 2 is 1.89 bits per heavy atom.